The molecule has 8 heteroatoms. The number of rotatable bonds is 8. The molecular weight excluding hydrogens is 382 g/mol. The Hall–Kier alpha value is -3.39. The molecule has 0 bridgehead atoms. The normalized spacial score (nSPS) is 11.6. The van der Waals surface area contributed by atoms with Crippen LogP contribution < -0.4 is 10.9 Å². The van der Waals surface area contributed by atoms with Crippen LogP contribution >= 0.6 is 0 Å². The predicted octanol–water partition coefficient (Wildman–Crippen LogP) is 2.36. The largest absolute Gasteiger partial charge is 0.454 e. The molecule has 0 aromatic carbocycles. The summed E-state index contributed by atoms with van der Waals surface area (Å²) in [5, 5.41) is 2.88. The average Bonchev–Trinajstić information content (AvgIpc) is 3.44. The summed E-state index contributed by atoms with van der Waals surface area (Å²) in [6.07, 6.45) is 3.50. The van der Waals surface area contributed by atoms with Crippen LogP contribution in [0.1, 0.15) is 30.2 Å². The third-order valence-corrected chi connectivity index (χ3v) is 5.30. The minimum Gasteiger partial charge on any atom is -0.454 e. The van der Waals surface area contributed by atoms with E-state index < -0.39 is 0 Å². The molecule has 0 aliphatic rings. The lowest BCUT2D eigenvalue weighted by Gasteiger charge is -2.17. The van der Waals surface area contributed by atoms with E-state index in [4.69, 9.17) is 4.42 Å². The van der Waals surface area contributed by atoms with Crippen LogP contribution in [-0.4, -0.2) is 50.9 Å². The maximum atomic E-state index is 13.0. The van der Waals surface area contributed by atoms with Gasteiger partial charge in [-0.1, -0.05) is 13.8 Å². The Labute approximate surface area is 173 Å². The minimum atomic E-state index is -0.259. The van der Waals surface area contributed by atoms with Gasteiger partial charge in [-0.15, -0.1) is 0 Å². The number of hydrogen-bond acceptors (Lipinski definition) is 5. The Morgan fingerprint density at radius 3 is 2.73 bits per heavy atom. The average molecular weight is 407 g/mol. The number of pyridine rings is 1. The molecule has 1 N–H and O–H groups in total. The van der Waals surface area contributed by atoms with Gasteiger partial charge in [0.05, 0.1) is 12.1 Å². The van der Waals surface area contributed by atoms with E-state index in [0.29, 0.717) is 23.5 Å². The van der Waals surface area contributed by atoms with E-state index in [0.717, 1.165) is 25.2 Å². The molecule has 0 aliphatic heterocycles. The van der Waals surface area contributed by atoms with Crippen molar-refractivity contribution in [2.24, 2.45) is 0 Å². The van der Waals surface area contributed by atoms with Crippen LogP contribution in [0.2, 0.25) is 0 Å². The fourth-order valence-corrected chi connectivity index (χ4v) is 3.63. The molecule has 4 aromatic heterocycles. The second-order valence-electron chi connectivity index (χ2n) is 7.05. The van der Waals surface area contributed by atoms with Gasteiger partial charge in [-0.25, -0.2) is 4.98 Å². The molecule has 0 atom stereocenters. The maximum absolute atomic E-state index is 13.0. The summed E-state index contributed by atoms with van der Waals surface area (Å²) in [4.78, 5) is 32.0. The summed E-state index contributed by atoms with van der Waals surface area (Å²) in [6.45, 7) is 7.61. The lowest BCUT2D eigenvalue weighted by Crippen LogP contribution is -2.34. The van der Waals surface area contributed by atoms with E-state index >= 15 is 0 Å². The van der Waals surface area contributed by atoms with Crippen molar-refractivity contribution < 1.29 is 9.21 Å². The summed E-state index contributed by atoms with van der Waals surface area (Å²) in [7, 11) is 0. The predicted molar refractivity (Wildman–Crippen MR) is 115 cm³/mol. The highest BCUT2D eigenvalue weighted by Gasteiger charge is 2.15. The summed E-state index contributed by atoms with van der Waals surface area (Å²) in [6, 6.07) is 10.7. The maximum Gasteiger partial charge on any atom is 0.287 e. The molecule has 4 heterocycles. The quantitative estimate of drug-likeness (QED) is 0.485. The Morgan fingerprint density at radius 1 is 1.13 bits per heavy atom. The highest BCUT2D eigenvalue weighted by Crippen LogP contribution is 2.15. The Balaban J connectivity index is 1.55. The number of nitrogens with zero attached hydrogens (tertiary/aromatic N) is 4. The van der Waals surface area contributed by atoms with Crippen molar-refractivity contribution in [1.29, 1.82) is 0 Å². The van der Waals surface area contributed by atoms with E-state index in [1.54, 1.807) is 29.0 Å². The van der Waals surface area contributed by atoms with Gasteiger partial charge >= 0.3 is 0 Å². The molecule has 0 saturated carbocycles. The zero-order chi connectivity index (χ0) is 21.1. The van der Waals surface area contributed by atoms with Crippen LogP contribution in [0.25, 0.3) is 16.7 Å². The fourth-order valence-electron chi connectivity index (χ4n) is 3.63. The molecule has 156 valence electrons. The number of likely N-dealkylation sites (N-methyl/N-ethyl adjacent to an activating group) is 1. The molecule has 4 rings (SSSR count). The zero-order valence-electron chi connectivity index (χ0n) is 17.2. The second kappa shape index (κ2) is 8.54. The highest BCUT2D eigenvalue weighted by atomic mass is 16.4. The zero-order valence-corrected chi connectivity index (χ0v) is 17.2. The van der Waals surface area contributed by atoms with Gasteiger partial charge in [-0.3, -0.25) is 14.2 Å². The highest BCUT2D eigenvalue weighted by molar-refractivity contribution is 5.91. The first-order chi connectivity index (χ1) is 14.6. The molecular formula is C22H25N5O3. The first-order valence-electron chi connectivity index (χ1n) is 10.2. The van der Waals surface area contributed by atoms with Gasteiger partial charge < -0.3 is 19.0 Å². The van der Waals surface area contributed by atoms with Crippen LogP contribution in [0.15, 0.2) is 58.0 Å². The van der Waals surface area contributed by atoms with Gasteiger partial charge in [0.15, 0.2) is 11.4 Å². The molecule has 0 saturated heterocycles. The van der Waals surface area contributed by atoms with Crippen molar-refractivity contribution in [2.75, 3.05) is 26.2 Å². The number of fused-ring (bicyclic) bond motifs is 3. The molecule has 0 spiro atoms. The molecule has 0 fully saturated rings. The van der Waals surface area contributed by atoms with Gasteiger partial charge in [-0.2, -0.15) is 0 Å². The van der Waals surface area contributed by atoms with Crippen LogP contribution in [-0.2, 0) is 6.54 Å². The van der Waals surface area contributed by atoms with Gasteiger partial charge in [0.2, 0.25) is 0 Å². The SMILES string of the molecule is CCN(CC)CCNC(=O)c1ccc(Cn2c(=O)c3cccn3c3cccnc32)o1. The lowest BCUT2D eigenvalue weighted by atomic mass is 10.3. The Kier molecular flexibility index (Phi) is 5.67. The van der Waals surface area contributed by atoms with E-state index in [9.17, 15) is 9.59 Å². The third kappa shape index (κ3) is 3.73. The lowest BCUT2D eigenvalue weighted by molar-refractivity contribution is 0.0919. The summed E-state index contributed by atoms with van der Waals surface area (Å²) < 4.78 is 9.14. The van der Waals surface area contributed by atoms with E-state index in [2.05, 4.69) is 29.0 Å². The molecule has 0 unspecified atom stereocenters. The Bertz CT molecular complexity index is 1230. The van der Waals surface area contributed by atoms with E-state index in [1.807, 2.05) is 28.8 Å². The van der Waals surface area contributed by atoms with Crippen LogP contribution in [0, 0.1) is 0 Å². The molecule has 1 amide bonds. The van der Waals surface area contributed by atoms with E-state index in [1.165, 1.54) is 0 Å². The van der Waals surface area contributed by atoms with Gasteiger partial charge in [0.1, 0.15) is 11.3 Å². The van der Waals surface area contributed by atoms with Crippen molar-refractivity contribution in [2.45, 2.75) is 20.4 Å². The van der Waals surface area contributed by atoms with Crippen molar-refractivity contribution in [1.82, 2.24) is 24.2 Å². The van der Waals surface area contributed by atoms with Crippen molar-refractivity contribution in [3.63, 3.8) is 0 Å². The van der Waals surface area contributed by atoms with Gasteiger partial charge in [0, 0.05) is 25.5 Å². The van der Waals surface area contributed by atoms with Crippen LogP contribution in [0.5, 0.6) is 0 Å². The molecule has 4 aromatic rings. The number of amides is 1. The summed E-state index contributed by atoms with van der Waals surface area (Å²) in [5.41, 5.74) is 1.80. The summed E-state index contributed by atoms with van der Waals surface area (Å²) in [5.74, 6) is 0.498. The Morgan fingerprint density at radius 2 is 1.93 bits per heavy atom. The standard InChI is InChI=1S/C22H25N5O3/c1-3-25(4-2)14-12-24-21(28)19-10-9-16(30-19)15-27-20-17(7-5-11-23-20)26-13-6-8-18(26)22(27)29/h5-11,13H,3-4,12,14-15H2,1-2H3,(H,24,28). The number of aromatic nitrogens is 3. The summed E-state index contributed by atoms with van der Waals surface area (Å²) >= 11 is 0. The number of hydrogen-bond donors (Lipinski definition) is 1. The van der Waals surface area contributed by atoms with Gasteiger partial charge in [-0.05, 0) is 49.5 Å². The minimum absolute atomic E-state index is 0.159. The van der Waals surface area contributed by atoms with Crippen molar-refractivity contribution in [3.8, 4) is 0 Å². The van der Waals surface area contributed by atoms with Crippen LogP contribution in [0.3, 0.4) is 0 Å². The van der Waals surface area contributed by atoms with Crippen molar-refractivity contribution in [3.05, 3.63) is 70.7 Å². The first-order valence-corrected chi connectivity index (χ1v) is 10.2. The monoisotopic (exact) mass is 407 g/mol. The van der Waals surface area contributed by atoms with Crippen LogP contribution in [0.4, 0.5) is 0 Å². The number of nitrogens with one attached hydrogen (secondary N) is 1. The topological polar surface area (TPSA) is 84.8 Å². The molecule has 0 aliphatic carbocycles. The first kappa shape index (κ1) is 19.9. The number of carbonyl (C=O) groups excluding carboxylic acids is 1. The molecule has 0 radical (unpaired) electrons. The van der Waals surface area contributed by atoms with E-state index in [-0.39, 0.29) is 23.8 Å². The second-order valence-corrected chi connectivity index (χ2v) is 7.05. The third-order valence-electron chi connectivity index (χ3n) is 5.30. The molecule has 8 nitrogen and oxygen atoms in total. The van der Waals surface area contributed by atoms with Gasteiger partial charge in [0.25, 0.3) is 11.5 Å². The van der Waals surface area contributed by atoms with Crippen molar-refractivity contribution >= 4 is 22.6 Å². The smallest absolute Gasteiger partial charge is 0.287 e. The number of furan rings is 1. The number of carbonyl (C=O) groups is 1. The molecule has 30 heavy (non-hydrogen) atoms. The fraction of sp³-hybridized carbons (Fsp3) is 0.318.